The fourth-order valence-electron chi connectivity index (χ4n) is 3.37. The smallest absolute Gasteiger partial charge is 0.251 e. The number of aromatic nitrogens is 1. The van der Waals surface area contributed by atoms with Crippen molar-refractivity contribution in [3.05, 3.63) is 102 Å². The van der Waals surface area contributed by atoms with E-state index in [1.807, 2.05) is 79.9 Å². The molecule has 0 aliphatic carbocycles. The van der Waals surface area contributed by atoms with Crippen LogP contribution in [0, 0.1) is 0 Å². The second-order valence-corrected chi connectivity index (χ2v) is 6.53. The quantitative estimate of drug-likeness (QED) is 0.535. The lowest BCUT2D eigenvalue weighted by Gasteiger charge is -2.17. The van der Waals surface area contributed by atoms with Gasteiger partial charge in [-0.2, -0.15) is 0 Å². The molecule has 1 heterocycles. The van der Waals surface area contributed by atoms with Crippen molar-refractivity contribution in [2.24, 2.45) is 0 Å². The Hall–Kier alpha value is -3.46. The number of pyridine rings is 1. The van der Waals surface area contributed by atoms with Crippen LogP contribution in [0.2, 0.25) is 0 Å². The second-order valence-electron chi connectivity index (χ2n) is 6.53. The van der Waals surface area contributed by atoms with E-state index in [0.29, 0.717) is 5.56 Å². The normalized spacial score (nSPS) is 11.9. The summed E-state index contributed by atoms with van der Waals surface area (Å²) in [5.41, 5.74) is 4.88. The monoisotopic (exact) mass is 352 g/mol. The zero-order valence-electron chi connectivity index (χ0n) is 15.1. The zero-order chi connectivity index (χ0) is 18.6. The molecule has 0 aliphatic rings. The minimum atomic E-state index is -0.153. The summed E-state index contributed by atoms with van der Waals surface area (Å²) in [4.78, 5) is 17.1. The van der Waals surface area contributed by atoms with E-state index in [1.165, 1.54) is 0 Å². The fraction of sp³-hybridized carbons (Fsp3) is 0.0833. The number of hydrogen-bond acceptors (Lipinski definition) is 2. The van der Waals surface area contributed by atoms with Crippen molar-refractivity contribution < 1.29 is 4.79 Å². The molecule has 0 saturated heterocycles. The number of rotatable bonds is 4. The van der Waals surface area contributed by atoms with Gasteiger partial charge in [0.2, 0.25) is 0 Å². The predicted molar refractivity (Wildman–Crippen MR) is 110 cm³/mol. The summed E-state index contributed by atoms with van der Waals surface area (Å²) in [7, 11) is 0. The van der Waals surface area contributed by atoms with E-state index in [1.54, 1.807) is 0 Å². The Labute approximate surface area is 158 Å². The van der Waals surface area contributed by atoms with Crippen molar-refractivity contribution in [1.29, 1.82) is 0 Å². The first kappa shape index (κ1) is 17.0. The number of benzene rings is 3. The zero-order valence-corrected chi connectivity index (χ0v) is 15.1. The molecule has 4 aromatic rings. The number of para-hydroxylation sites is 1. The fourth-order valence-corrected chi connectivity index (χ4v) is 3.37. The van der Waals surface area contributed by atoms with Crippen LogP contribution in [0.15, 0.2) is 91.1 Å². The molecule has 3 heteroatoms. The van der Waals surface area contributed by atoms with E-state index in [9.17, 15) is 4.79 Å². The van der Waals surface area contributed by atoms with Gasteiger partial charge < -0.3 is 5.32 Å². The van der Waals surface area contributed by atoms with Gasteiger partial charge >= 0.3 is 0 Å². The highest BCUT2D eigenvalue weighted by atomic mass is 16.1. The van der Waals surface area contributed by atoms with Crippen LogP contribution >= 0.6 is 0 Å². The van der Waals surface area contributed by atoms with E-state index < -0.39 is 0 Å². The maximum absolute atomic E-state index is 12.5. The van der Waals surface area contributed by atoms with Crippen LogP contribution in [0.1, 0.15) is 28.9 Å². The minimum Gasteiger partial charge on any atom is -0.345 e. The van der Waals surface area contributed by atoms with Gasteiger partial charge in [0.25, 0.3) is 5.91 Å². The average Bonchev–Trinajstić information content (AvgIpc) is 2.74. The molecule has 1 aromatic heterocycles. The molecule has 0 saturated carbocycles. The average molecular weight is 352 g/mol. The van der Waals surface area contributed by atoms with Crippen molar-refractivity contribution >= 4 is 16.8 Å². The van der Waals surface area contributed by atoms with Crippen molar-refractivity contribution in [3.8, 4) is 11.1 Å². The molecule has 3 aromatic carbocycles. The Morgan fingerprint density at radius 1 is 0.852 bits per heavy atom. The van der Waals surface area contributed by atoms with Crippen LogP contribution in [-0.2, 0) is 0 Å². The summed E-state index contributed by atoms with van der Waals surface area (Å²) >= 11 is 0. The molecular weight excluding hydrogens is 332 g/mol. The Morgan fingerprint density at radius 3 is 2.30 bits per heavy atom. The molecular formula is C24H20N2O. The molecule has 0 unspecified atom stereocenters. The second kappa shape index (κ2) is 7.42. The number of nitrogens with one attached hydrogen (secondary N) is 1. The topological polar surface area (TPSA) is 42.0 Å². The third-order valence-corrected chi connectivity index (χ3v) is 4.74. The number of amides is 1. The lowest BCUT2D eigenvalue weighted by atomic mass is 9.97. The molecule has 1 amide bonds. The summed E-state index contributed by atoms with van der Waals surface area (Å²) in [6.45, 7) is 1.99. The largest absolute Gasteiger partial charge is 0.345 e. The molecule has 0 aliphatic heterocycles. The summed E-state index contributed by atoms with van der Waals surface area (Å²) in [6.07, 6.45) is 1.83. The lowest BCUT2D eigenvalue weighted by Crippen LogP contribution is -2.26. The number of carbonyl (C=O) groups is 1. The van der Waals surface area contributed by atoms with Crippen molar-refractivity contribution in [2.75, 3.05) is 0 Å². The van der Waals surface area contributed by atoms with Crippen LogP contribution in [0.4, 0.5) is 0 Å². The van der Waals surface area contributed by atoms with Crippen molar-refractivity contribution in [2.45, 2.75) is 13.0 Å². The van der Waals surface area contributed by atoms with Crippen LogP contribution in [0.5, 0.6) is 0 Å². The first-order valence-corrected chi connectivity index (χ1v) is 9.03. The van der Waals surface area contributed by atoms with E-state index in [-0.39, 0.29) is 11.9 Å². The molecule has 3 nitrogen and oxygen atoms in total. The van der Waals surface area contributed by atoms with E-state index in [4.69, 9.17) is 0 Å². The molecule has 1 atom stereocenters. The van der Waals surface area contributed by atoms with E-state index in [2.05, 4.69) is 28.5 Å². The Morgan fingerprint density at radius 2 is 1.56 bits per heavy atom. The van der Waals surface area contributed by atoms with Gasteiger partial charge in [0.05, 0.1) is 11.6 Å². The van der Waals surface area contributed by atoms with Gasteiger partial charge in [-0.25, -0.2) is 0 Å². The predicted octanol–water partition coefficient (Wildman–Crippen LogP) is 5.39. The van der Waals surface area contributed by atoms with Gasteiger partial charge in [-0.1, -0.05) is 66.7 Å². The van der Waals surface area contributed by atoms with Gasteiger partial charge in [0.1, 0.15) is 0 Å². The lowest BCUT2D eigenvalue weighted by molar-refractivity contribution is 0.0940. The standard InChI is InChI=1S/C24H20N2O/c1-17(26-24(27)19-11-6-3-7-12-19)20-13-8-14-22-21(15-16-25-23(20)22)18-9-4-2-5-10-18/h2-17H,1H3,(H,26,27)/t17-/m0/s1. The van der Waals surface area contributed by atoms with Crippen molar-refractivity contribution in [1.82, 2.24) is 10.3 Å². The van der Waals surface area contributed by atoms with Crippen LogP contribution in [0.25, 0.3) is 22.0 Å². The molecule has 27 heavy (non-hydrogen) atoms. The summed E-state index contributed by atoms with van der Waals surface area (Å²) < 4.78 is 0. The highest BCUT2D eigenvalue weighted by Gasteiger charge is 2.15. The van der Waals surface area contributed by atoms with Crippen molar-refractivity contribution in [3.63, 3.8) is 0 Å². The number of carbonyl (C=O) groups excluding carboxylic acids is 1. The SMILES string of the molecule is C[C@H](NC(=O)c1ccccc1)c1cccc2c(-c3ccccc3)ccnc12. The minimum absolute atomic E-state index is 0.0840. The van der Waals surface area contributed by atoms with Gasteiger partial charge in [0, 0.05) is 22.7 Å². The number of nitrogens with zero attached hydrogens (tertiary/aromatic N) is 1. The Kier molecular flexibility index (Phi) is 4.67. The highest BCUT2D eigenvalue weighted by molar-refractivity contribution is 5.97. The first-order valence-electron chi connectivity index (χ1n) is 9.03. The van der Waals surface area contributed by atoms with Crippen LogP contribution in [0.3, 0.4) is 0 Å². The third kappa shape index (κ3) is 3.44. The van der Waals surface area contributed by atoms with Gasteiger partial charge in [-0.3, -0.25) is 9.78 Å². The summed E-state index contributed by atoms with van der Waals surface area (Å²) in [6, 6.07) is 27.6. The third-order valence-electron chi connectivity index (χ3n) is 4.74. The first-order chi connectivity index (χ1) is 13.2. The molecule has 132 valence electrons. The molecule has 0 fully saturated rings. The molecule has 0 bridgehead atoms. The number of fused-ring (bicyclic) bond motifs is 1. The van der Waals surface area contributed by atoms with E-state index >= 15 is 0 Å². The molecule has 4 rings (SSSR count). The van der Waals surface area contributed by atoms with E-state index in [0.717, 1.165) is 27.6 Å². The van der Waals surface area contributed by atoms with Gasteiger partial charge in [-0.15, -0.1) is 0 Å². The van der Waals surface area contributed by atoms with Gasteiger partial charge in [-0.05, 0) is 36.2 Å². The van der Waals surface area contributed by atoms with Crippen LogP contribution < -0.4 is 5.32 Å². The molecule has 0 radical (unpaired) electrons. The summed E-state index contributed by atoms with van der Waals surface area (Å²) in [5.74, 6) is -0.0840. The Balaban J connectivity index is 1.71. The summed E-state index contributed by atoms with van der Waals surface area (Å²) in [5, 5.41) is 4.17. The number of hydrogen-bond donors (Lipinski definition) is 1. The maximum Gasteiger partial charge on any atom is 0.251 e. The highest BCUT2D eigenvalue weighted by Crippen LogP contribution is 2.31. The van der Waals surface area contributed by atoms with Crippen LogP contribution in [-0.4, -0.2) is 10.9 Å². The maximum atomic E-state index is 12.5. The molecule has 0 spiro atoms. The Bertz CT molecular complexity index is 1080. The van der Waals surface area contributed by atoms with Gasteiger partial charge in [0.15, 0.2) is 0 Å². The molecule has 1 N–H and O–H groups in total.